The van der Waals surface area contributed by atoms with Crippen LogP contribution in [0, 0.1) is 0 Å². The molecule has 3 rings (SSSR count). The largest absolute Gasteiger partial charge is 0.487 e. The molecule has 1 N–H and O–H groups in total. The molecule has 1 unspecified atom stereocenters. The van der Waals surface area contributed by atoms with E-state index in [-0.39, 0.29) is 24.0 Å². The summed E-state index contributed by atoms with van der Waals surface area (Å²) in [4.78, 5) is 25.2. The van der Waals surface area contributed by atoms with Crippen molar-refractivity contribution in [2.24, 2.45) is 0 Å². The lowest BCUT2D eigenvalue weighted by molar-refractivity contribution is -0.129. The lowest BCUT2D eigenvalue weighted by Gasteiger charge is -2.18. The number of nitrogens with zero attached hydrogens (tertiary/aromatic N) is 1. The summed E-state index contributed by atoms with van der Waals surface area (Å²) >= 11 is 6.10. The van der Waals surface area contributed by atoms with Crippen molar-refractivity contribution in [2.75, 3.05) is 13.1 Å². The highest BCUT2D eigenvalue weighted by atomic mass is 35.5. The van der Waals surface area contributed by atoms with Crippen LogP contribution in [0.3, 0.4) is 0 Å². The van der Waals surface area contributed by atoms with Gasteiger partial charge in [-0.2, -0.15) is 0 Å². The standard InChI is InChI=1S/C19H18ClNO4/c20-16-6-1-2-7-17(16)25-15-8-9-21(12-15)18(22)11-13-4-3-5-14(10-13)19(23)24/h1-7,10,15H,8-9,11-12H2,(H,23,24). The number of hydrogen-bond donors (Lipinski definition) is 1. The monoisotopic (exact) mass is 359 g/mol. The van der Waals surface area contributed by atoms with Crippen molar-refractivity contribution >= 4 is 23.5 Å². The summed E-state index contributed by atoms with van der Waals surface area (Å²) in [5, 5.41) is 9.58. The number of amides is 1. The molecular weight excluding hydrogens is 342 g/mol. The molecular formula is C19H18ClNO4. The Balaban J connectivity index is 1.58. The number of carboxylic acid groups (broad SMARTS) is 1. The Kier molecular flexibility index (Phi) is 5.24. The number of halogens is 1. The fraction of sp³-hybridized carbons (Fsp3) is 0.263. The van der Waals surface area contributed by atoms with Gasteiger partial charge in [-0.25, -0.2) is 4.79 Å². The zero-order valence-corrected chi connectivity index (χ0v) is 14.3. The molecule has 2 aromatic carbocycles. The van der Waals surface area contributed by atoms with Crippen LogP contribution < -0.4 is 4.74 Å². The molecule has 1 saturated heterocycles. The predicted octanol–water partition coefficient (Wildman–Crippen LogP) is 3.26. The lowest BCUT2D eigenvalue weighted by Crippen LogP contribution is -2.32. The van der Waals surface area contributed by atoms with Crippen LogP contribution in [0.25, 0.3) is 0 Å². The Morgan fingerprint density at radius 1 is 1.20 bits per heavy atom. The number of para-hydroxylation sites is 1. The van der Waals surface area contributed by atoms with Gasteiger partial charge in [-0.3, -0.25) is 4.79 Å². The van der Waals surface area contributed by atoms with Crippen LogP contribution in [0.5, 0.6) is 5.75 Å². The molecule has 5 nitrogen and oxygen atoms in total. The van der Waals surface area contributed by atoms with E-state index in [9.17, 15) is 9.59 Å². The molecule has 1 aliphatic heterocycles. The van der Waals surface area contributed by atoms with Gasteiger partial charge in [0.25, 0.3) is 0 Å². The van der Waals surface area contributed by atoms with Crippen LogP contribution in [0.2, 0.25) is 5.02 Å². The van der Waals surface area contributed by atoms with Crippen LogP contribution in [0.15, 0.2) is 48.5 Å². The van der Waals surface area contributed by atoms with Crippen LogP contribution in [-0.4, -0.2) is 41.1 Å². The summed E-state index contributed by atoms with van der Waals surface area (Å²) in [5.74, 6) is -0.408. The van der Waals surface area contributed by atoms with Crippen molar-refractivity contribution in [3.05, 3.63) is 64.7 Å². The number of carbonyl (C=O) groups is 2. The first-order chi connectivity index (χ1) is 12.0. The SMILES string of the molecule is O=C(O)c1cccc(CC(=O)N2CCC(Oc3ccccc3Cl)C2)c1. The average Bonchev–Trinajstić information content (AvgIpc) is 3.06. The Morgan fingerprint density at radius 2 is 2.00 bits per heavy atom. The van der Waals surface area contributed by atoms with Crippen LogP contribution in [0.4, 0.5) is 0 Å². The summed E-state index contributed by atoms with van der Waals surface area (Å²) < 4.78 is 5.88. The van der Waals surface area contributed by atoms with Gasteiger partial charge >= 0.3 is 5.97 Å². The molecule has 1 fully saturated rings. The molecule has 0 saturated carbocycles. The second-order valence-corrected chi connectivity index (χ2v) is 6.39. The normalized spacial score (nSPS) is 16.7. The zero-order valence-electron chi connectivity index (χ0n) is 13.5. The maximum absolute atomic E-state index is 12.5. The van der Waals surface area contributed by atoms with Crippen molar-refractivity contribution in [2.45, 2.75) is 18.9 Å². The molecule has 6 heteroatoms. The molecule has 1 amide bonds. The number of benzene rings is 2. The van der Waals surface area contributed by atoms with Crippen LogP contribution in [-0.2, 0) is 11.2 Å². The number of ether oxygens (including phenoxy) is 1. The minimum atomic E-state index is -0.997. The number of likely N-dealkylation sites (tertiary alicyclic amines) is 1. The van der Waals surface area contributed by atoms with Crippen molar-refractivity contribution in [1.82, 2.24) is 4.90 Å². The Hall–Kier alpha value is -2.53. The van der Waals surface area contributed by atoms with Gasteiger partial charge in [0.2, 0.25) is 5.91 Å². The van der Waals surface area contributed by atoms with Gasteiger partial charge in [-0.15, -0.1) is 0 Å². The second-order valence-electron chi connectivity index (χ2n) is 5.98. The highest BCUT2D eigenvalue weighted by Crippen LogP contribution is 2.26. The van der Waals surface area contributed by atoms with Crippen LogP contribution in [0.1, 0.15) is 22.3 Å². The molecule has 0 spiro atoms. The van der Waals surface area contributed by atoms with Gasteiger partial charge in [0.05, 0.1) is 23.6 Å². The molecule has 25 heavy (non-hydrogen) atoms. The van der Waals surface area contributed by atoms with Crippen molar-refractivity contribution in [3.63, 3.8) is 0 Å². The zero-order chi connectivity index (χ0) is 17.8. The summed E-state index contributed by atoms with van der Waals surface area (Å²) in [6, 6.07) is 13.7. The maximum atomic E-state index is 12.5. The second kappa shape index (κ2) is 7.57. The van der Waals surface area contributed by atoms with E-state index < -0.39 is 5.97 Å². The molecule has 0 aromatic heterocycles. The molecule has 1 atom stereocenters. The van der Waals surface area contributed by atoms with Crippen molar-refractivity contribution in [3.8, 4) is 5.75 Å². The fourth-order valence-electron chi connectivity index (χ4n) is 2.87. The molecule has 0 aliphatic carbocycles. The smallest absolute Gasteiger partial charge is 0.335 e. The number of rotatable bonds is 5. The highest BCUT2D eigenvalue weighted by Gasteiger charge is 2.28. The topological polar surface area (TPSA) is 66.8 Å². The Morgan fingerprint density at radius 3 is 2.76 bits per heavy atom. The van der Waals surface area contributed by atoms with E-state index in [2.05, 4.69) is 0 Å². The summed E-state index contributed by atoms with van der Waals surface area (Å²) in [6.07, 6.45) is 0.834. The third-order valence-corrected chi connectivity index (χ3v) is 4.47. The van der Waals surface area contributed by atoms with E-state index in [0.717, 1.165) is 6.42 Å². The first kappa shape index (κ1) is 17.3. The molecule has 2 aromatic rings. The highest BCUT2D eigenvalue weighted by molar-refractivity contribution is 6.32. The van der Waals surface area contributed by atoms with Gasteiger partial charge in [0, 0.05) is 13.0 Å². The van der Waals surface area contributed by atoms with Crippen molar-refractivity contribution < 1.29 is 19.4 Å². The molecule has 130 valence electrons. The van der Waals surface area contributed by atoms with E-state index in [1.54, 1.807) is 23.1 Å². The summed E-state index contributed by atoms with van der Waals surface area (Å²) in [7, 11) is 0. The first-order valence-corrected chi connectivity index (χ1v) is 8.42. The summed E-state index contributed by atoms with van der Waals surface area (Å²) in [5.41, 5.74) is 0.882. The first-order valence-electron chi connectivity index (χ1n) is 8.04. The molecule has 1 aliphatic rings. The fourth-order valence-corrected chi connectivity index (χ4v) is 3.05. The van der Waals surface area contributed by atoms with E-state index in [1.807, 2.05) is 18.2 Å². The van der Waals surface area contributed by atoms with E-state index >= 15 is 0 Å². The van der Waals surface area contributed by atoms with E-state index in [0.29, 0.717) is 29.4 Å². The quantitative estimate of drug-likeness (QED) is 0.889. The third-order valence-electron chi connectivity index (χ3n) is 4.16. The van der Waals surface area contributed by atoms with E-state index in [4.69, 9.17) is 21.4 Å². The third kappa shape index (κ3) is 4.31. The predicted molar refractivity (Wildman–Crippen MR) is 94.2 cm³/mol. The number of hydrogen-bond acceptors (Lipinski definition) is 3. The minimum Gasteiger partial charge on any atom is -0.487 e. The maximum Gasteiger partial charge on any atom is 0.335 e. The van der Waals surface area contributed by atoms with E-state index in [1.165, 1.54) is 12.1 Å². The Labute approximate surface area is 150 Å². The van der Waals surface area contributed by atoms with Gasteiger partial charge < -0.3 is 14.7 Å². The number of carbonyl (C=O) groups excluding carboxylic acids is 1. The molecule has 0 bridgehead atoms. The van der Waals surface area contributed by atoms with Crippen LogP contribution >= 0.6 is 11.6 Å². The number of carboxylic acids is 1. The van der Waals surface area contributed by atoms with Gasteiger partial charge in [0.1, 0.15) is 11.9 Å². The number of aromatic carboxylic acids is 1. The average molecular weight is 360 g/mol. The minimum absolute atomic E-state index is 0.0344. The summed E-state index contributed by atoms with van der Waals surface area (Å²) in [6.45, 7) is 1.12. The van der Waals surface area contributed by atoms with Gasteiger partial charge in [-0.05, 0) is 29.8 Å². The molecule has 0 radical (unpaired) electrons. The van der Waals surface area contributed by atoms with Gasteiger partial charge in [-0.1, -0.05) is 35.9 Å². The lowest BCUT2D eigenvalue weighted by atomic mass is 10.1. The Bertz CT molecular complexity index is 792. The molecule has 1 heterocycles. The van der Waals surface area contributed by atoms with Gasteiger partial charge in [0.15, 0.2) is 0 Å². The van der Waals surface area contributed by atoms with Crippen molar-refractivity contribution in [1.29, 1.82) is 0 Å².